The molecule has 0 fully saturated rings. The quantitative estimate of drug-likeness (QED) is 0.798. The lowest BCUT2D eigenvalue weighted by atomic mass is 9.96. The maximum absolute atomic E-state index is 11.8. The van der Waals surface area contributed by atoms with Gasteiger partial charge in [0.1, 0.15) is 6.61 Å². The van der Waals surface area contributed by atoms with Gasteiger partial charge < -0.3 is 15.2 Å². The van der Waals surface area contributed by atoms with Gasteiger partial charge in [-0.1, -0.05) is 54.1 Å². The normalized spacial score (nSPS) is 11.5. The second-order valence-electron chi connectivity index (χ2n) is 5.29. The van der Waals surface area contributed by atoms with E-state index in [1.165, 1.54) is 0 Å². The van der Waals surface area contributed by atoms with Crippen molar-refractivity contribution in [2.45, 2.75) is 18.9 Å². The maximum Gasteiger partial charge on any atom is 0.407 e. The summed E-state index contributed by atoms with van der Waals surface area (Å²) >= 11 is 5.84. The lowest BCUT2D eigenvalue weighted by molar-refractivity contribution is -0.137. The molecule has 24 heavy (non-hydrogen) atoms. The average Bonchev–Trinajstić information content (AvgIpc) is 2.58. The van der Waals surface area contributed by atoms with Crippen molar-refractivity contribution >= 4 is 23.7 Å². The number of carboxylic acids is 1. The van der Waals surface area contributed by atoms with Gasteiger partial charge in [-0.05, 0) is 23.3 Å². The van der Waals surface area contributed by atoms with E-state index in [-0.39, 0.29) is 25.5 Å². The van der Waals surface area contributed by atoms with Crippen LogP contribution in [0.3, 0.4) is 0 Å². The van der Waals surface area contributed by atoms with E-state index >= 15 is 0 Å². The number of alkyl carbamates (subject to hydrolysis) is 1. The highest BCUT2D eigenvalue weighted by Crippen LogP contribution is 2.21. The Morgan fingerprint density at radius 1 is 1.08 bits per heavy atom. The third-order valence-electron chi connectivity index (χ3n) is 3.47. The van der Waals surface area contributed by atoms with Crippen molar-refractivity contribution in [3.8, 4) is 0 Å². The molecule has 0 radical (unpaired) electrons. The van der Waals surface area contributed by atoms with Crippen molar-refractivity contribution in [2.75, 3.05) is 6.54 Å². The Labute approximate surface area is 145 Å². The van der Waals surface area contributed by atoms with E-state index in [9.17, 15) is 9.59 Å². The first-order valence-corrected chi connectivity index (χ1v) is 7.84. The van der Waals surface area contributed by atoms with E-state index in [2.05, 4.69) is 5.32 Å². The van der Waals surface area contributed by atoms with E-state index in [0.29, 0.717) is 5.02 Å². The molecule has 126 valence electrons. The second kappa shape index (κ2) is 8.93. The topological polar surface area (TPSA) is 75.6 Å². The number of nitrogens with one attached hydrogen (secondary N) is 1. The minimum atomic E-state index is -0.936. The number of rotatable bonds is 7. The van der Waals surface area contributed by atoms with Crippen molar-refractivity contribution in [2.24, 2.45) is 0 Å². The first kappa shape index (κ1) is 17.8. The number of hydrogen-bond donors (Lipinski definition) is 2. The first-order chi connectivity index (χ1) is 11.5. The molecule has 2 aromatic rings. The van der Waals surface area contributed by atoms with Crippen molar-refractivity contribution in [3.05, 3.63) is 70.7 Å². The second-order valence-corrected chi connectivity index (χ2v) is 5.73. The van der Waals surface area contributed by atoms with Gasteiger partial charge in [0.25, 0.3) is 0 Å². The van der Waals surface area contributed by atoms with Crippen molar-refractivity contribution in [1.82, 2.24) is 5.32 Å². The van der Waals surface area contributed by atoms with E-state index in [1.807, 2.05) is 30.3 Å². The summed E-state index contributed by atoms with van der Waals surface area (Å²) in [5.74, 6) is -1.29. The van der Waals surface area contributed by atoms with Crippen LogP contribution in [0.2, 0.25) is 5.02 Å². The van der Waals surface area contributed by atoms with Crippen LogP contribution in [0, 0.1) is 0 Å². The number of carboxylic acid groups (broad SMARTS) is 1. The number of halogens is 1. The molecule has 6 heteroatoms. The van der Waals surface area contributed by atoms with Gasteiger partial charge in [0.05, 0.1) is 6.42 Å². The highest BCUT2D eigenvalue weighted by Gasteiger charge is 2.17. The number of ether oxygens (including phenoxy) is 1. The number of hydrogen-bond acceptors (Lipinski definition) is 3. The summed E-state index contributed by atoms with van der Waals surface area (Å²) in [6.07, 6.45) is -0.677. The highest BCUT2D eigenvalue weighted by molar-refractivity contribution is 6.30. The monoisotopic (exact) mass is 347 g/mol. The van der Waals surface area contributed by atoms with Crippen LogP contribution in [0.1, 0.15) is 23.5 Å². The zero-order chi connectivity index (χ0) is 17.4. The van der Waals surface area contributed by atoms with Crippen LogP contribution in [0.25, 0.3) is 0 Å². The summed E-state index contributed by atoms with van der Waals surface area (Å²) in [5.41, 5.74) is 1.68. The lowest BCUT2D eigenvalue weighted by Gasteiger charge is -2.16. The van der Waals surface area contributed by atoms with Crippen molar-refractivity contribution < 1.29 is 19.4 Å². The molecule has 5 nitrogen and oxygen atoms in total. The fourth-order valence-electron chi connectivity index (χ4n) is 2.23. The van der Waals surface area contributed by atoms with Gasteiger partial charge in [-0.3, -0.25) is 4.79 Å². The Hall–Kier alpha value is -2.53. The van der Waals surface area contributed by atoms with Crippen LogP contribution in [0.5, 0.6) is 0 Å². The van der Waals surface area contributed by atoms with E-state index < -0.39 is 12.1 Å². The molecule has 1 amide bonds. The first-order valence-electron chi connectivity index (χ1n) is 7.46. The van der Waals surface area contributed by atoms with Gasteiger partial charge in [0.2, 0.25) is 0 Å². The molecule has 0 aliphatic carbocycles. The summed E-state index contributed by atoms with van der Waals surface area (Å²) < 4.78 is 5.12. The fraction of sp³-hybridized carbons (Fsp3) is 0.222. The molecule has 2 rings (SSSR count). The predicted octanol–water partition coefficient (Wildman–Crippen LogP) is 3.82. The molecule has 0 unspecified atom stereocenters. The molecular weight excluding hydrogens is 330 g/mol. The summed E-state index contributed by atoms with van der Waals surface area (Å²) in [5, 5.41) is 12.2. The van der Waals surface area contributed by atoms with Gasteiger partial charge in [0.15, 0.2) is 0 Å². The molecule has 0 spiro atoms. The van der Waals surface area contributed by atoms with Gasteiger partial charge in [-0.25, -0.2) is 4.79 Å². The number of amides is 1. The van der Waals surface area contributed by atoms with Crippen LogP contribution in [0.15, 0.2) is 54.6 Å². The van der Waals surface area contributed by atoms with Gasteiger partial charge in [-0.15, -0.1) is 0 Å². The van der Waals surface area contributed by atoms with Gasteiger partial charge >= 0.3 is 12.1 Å². The summed E-state index contributed by atoms with van der Waals surface area (Å²) in [7, 11) is 0. The third-order valence-corrected chi connectivity index (χ3v) is 3.72. The largest absolute Gasteiger partial charge is 0.481 e. The number of aliphatic carboxylic acids is 1. The number of benzene rings is 2. The Bertz CT molecular complexity index is 673. The van der Waals surface area contributed by atoms with Crippen LogP contribution < -0.4 is 5.32 Å². The lowest BCUT2D eigenvalue weighted by Crippen LogP contribution is -2.29. The van der Waals surface area contributed by atoms with Crippen LogP contribution >= 0.6 is 11.6 Å². The maximum atomic E-state index is 11.8. The number of carbonyl (C=O) groups is 2. The number of carbonyl (C=O) groups excluding carboxylic acids is 1. The molecule has 0 bridgehead atoms. The third kappa shape index (κ3) is 5.93. The molecule has 2 N–H and O–H groups in total. The van der Waals surface area contributed by atoms with Crippen molar-refractivity contribution in [1.29, 1.82) is 0 Å². The smallest absolute Gasteiger partial charge is 0.407 e. The van der Waals surface area contributed by atoms with E-state index in [1.54, 1.807) is 24.3 Å². The Morgan fingerprint density at radius 3 is 2.38 bits per heavy atom. The minimum Gasteiger partial charge on any atom is -0.481 e. The predicted molar refractivity (Wildman–Crippen MR) is 91.1 cm³/mol. The zero-order valence-electron chi connectivity index (χ0n) is 12.9. The minimum absolute atomic E-state index is 0.0966. The van der Waals surface area contributed by atoms with Crippen molar-refractivity contribution in [3.63, 3.8) is 0 Å². The zero-order valence-corrected chi connectivity index (χ0v) is 13.7. The highest BCUT2D eigenvalue weighted by atomic mass is 35.5. The Balaban J connectivity index is 1.88. The molecule has 2 aromatic carbocycles. The van der Waals surface area contributed by atoms with Crippen LogP contribution in [0.4, 0.5) is 4.79 Å². The molecular formula is C18H18ClNO4. The summed E-state index contributed by atoms with van der Waals surface area (Å²) in [6, 6.07) is 16.2. The van der Waals surface area contributed by atoms with Gasteiger partial charge in [-0.2, -0.15) is 0 Å². The molecule has 0 saturated carbocycles. The van der Waals surface area contributed by atoms with E-state index in [0.717, 1.165) is 11.1 Å². The Morgan fingerprint density at radius 2 is 1.75 bits per heavy atom. The Kier molecular flexibility index (Phi) is 6.63. The van der Waals surface area contributed by atoms with Crippen LogP contribution in [-0.4, -0.2) is 23.7 Å². The molecule has 0 aliphatic rings. The summed E-state index contributed by atoms with van der Waals surface area (Å²) in [6.45, 7) is 0.332. The molecule has 0 aromatic heterocycles. The summed E-state index contributed by atoms with van der Waals surface area (Å²) in [4.78, 5) is 22.8. The molecule has 0 aliphatic heterocycles. The van der Waals surface area contributed by atoms with Gasteiger partial charge in [0, 0.05) is 17.5 Å². The molecule has 0 heterocycles. The standard InChI is InChI=1S/C18H18ClNO4/c19-16-8-6-14(7-9-16)15(10-17(21)22)11-20-18(23)24-12-13-4-2-1-3-5-13/h1-9,15H,10-12H2,(H,20,23)(H,21,22)/t15-/m0/s1. The van der Waals surface area contributed by atoms with E-state index in [4.69, 9.17) is 21.4 Å². The fourth-order valence-corrected chi connectivity index (χ4v) is 2.36. The molecule has 1 atom stereocenters. The molecule has 0 saturated heterocycles. The average molecular weight is 348 g/mol. The van der Waals surface area contributed by atoms with Crippen LogP contribution in [-0.2, 0) is 16.1 Å². The SMILES string of the molecule is O=C(O)C[C@@H](CNC(=O)OCc1ccccc1)c1ccc(Cl)cc1.